The first-order valence-electron chi connectivity index (χ1n) is 4.62. The van der Waals surface area contributed by atoms with Gasteiger partial charge in [0.05, 0.1) is 24.1 Å². The van der Waals surface area contributed by atoms with Crippen LogP contribution in [0.2, 0.25) is 0 Å². The molecule has 0 fully saturated rings. The molecule has 0 aromatic carbocycles. The molecule has 0 saturated carbocycles. The molecule has 0 bridgehead atoms. The summed E-state index contributed by atoms with van der Waals surface area (Å²) < 4.78 is 2.21. The molecule has 0 saturated heterocycles. The number of hydrogen-bond donors (Lipinski definition) is 2. The average molecular weight is 284 g/mol. The van der Waals surface area contributed by atoms with Gasteiger partial charge in [0, 0.05) is 13.2 Å². The van der Waals surface area contributed by atoms with E-state index in [9.17, 15) is 4.79 Å². The molecule has 0 amide bonds. The molecule has 2 heterocycles. The van der Waals surface area contributed by atoms with Crippen molar-refractivity contribution in [3.63, 3.8) is 0 Å². The van der Waals surface area contributed by atoms with Crippen molar-refractivity contribution in [3.05, 3.63) is 39.0 Å². The Bertz CT molecular complexity index is 547. The molecule has 6 nitrogen and oxygen atoms in total. The van der Waals surface area contributed by atoms with Crippen molar-refractivity contribution >= 4 is 21.6 Å². The zero-order chi connectivity index (χ0) is 11.5. The van der Waals surface area contributed by atoms with Crippen LogP contribution in [-0.4, -0.2) is 20.0 Å². The lowest BCUT2D eigenvalue weighted by Gasteiger charge is -2.07. The first kappa shape index (κ1) is 10.9. The van der Waals surface area contributed by atoms with Crippen LogP contribution in [0.4, 0.5) is 5.69 Å². The monoisotopic (exact) mass is 283 g/mol. The normalized spacial score (nSPS) is 10.4. The van der Waals surface area contributed by atoms with Crippen LogP contribution in [0.1, 0.15) is 5.69 Å². The summed E-state index contributed by atoms with van der Waals surface area (Å²) in [7, 11) is 1.86. The number of aryl methyl sites for hydroxylation is 1. The second kappa shape index (κ2) is 4.48. The van der Waals surface area contributed by atoms with Crippen molar-refractivity contribution in [2.75, 3.05) is 5.32 Å². The lowest BCUT2D eigenvalue weighted by Crippen LogP contribution is -2.13. The van der Waals surface area contributed by atoms with E-state index in [0.29, 0.717) is 16.7 Å². The van der Waals surface area contributed by atoms with E-state index in [-0.39, 0.29) is 5.56 Å². The molecule has 2 rings (SSSR count). The molecule has 0 spiro atoms. The predicted octanol–water partition coefficient (Wildman–Crippen LogP) is 0.878. The summed E-state index contributed by atoms with van der Waals surface area (Å²) in [6.45, 7) is 0.584. The highest BCUT2D eigenvalue weighted by molar-refractivity contribution is 9.10. The van der Waals surface area contributed by atoms with Crippen LogP contribution in [-0.2, 0) is 13.6 Å². The topological polar surface area (TPSA) is 75.6 Å². The zero-order valence-electron chi connectivity index (χ0n) is 8.57. The lowest BCUT2D eigenvalue weighted by molar-refractivity contribution is 0.720. The lowest BCUT2D eigenvalue weighted by atomic mass is 10.4. The molecule has 0 aliphatic rings. The van der Waals surface area contributed by atoms with Gasteiger partial charge in [-0.1, -0.05) is 0 Å². The molecule has 0 atom stereocenters. The summed E-state index contributed by atoms with van der Waals surface area (Å²) in [5.74, 6) is 0. The third-order valence-electron chi connectivity index (χ3n) is 2.18. The predicted molar refractivity (Wildman–Crippen MR) is 63.1 cm³/mol. The number of H-pyrrole nitrogens is 1. The van der Waals surface area contributed by atoms with E-state index in [1.165, 1.54) is 0 Å². The highest BCUT2D eigenvalue weighted by Crippen LogP contribution is 2.16. The first-order valence-corrected chi connectivity index (χ1v) is 5.41. The van der Waals surface area contributed by atoms with Crippen LogP contribution in [0.5, 0.6) is 0 Å². The fourth-order valence-electron chi connectivity index (χ4n) is 1.27. The van der Waals surface area contributed by atoms with E-state index in [2.05, 4.69) is 36.5 Å². The minimum absolute atomic E-state index is 0.255. The average Bonchev–Trinajstić information content (AvgIpc) is 2.67. The Hall–Kier alpha value is -1.63. The Labute approximate surface area is 99.8 Å². The van der Waals surface area contributed by atoms with Crippen LogP contribution in [0, 0.1) is 0 Å². The molecular weight excluding hydrogens is 274 g/mol. The Morgan fingerprint density at radius 3 is 3.12 bits per heavy atom. The summed E-state index contributed by atoms with van der Waals surface area (Å²) in [6, 6.07) is 1.90. The summed E-state index contributed by atoms with van der Waals surface area (Å²) >= 11 is 3.19. The van der Waals surface area contributed by atoms with Crippen LogP contribution in [0.15, 0.2) is 27.7 Å². The highest BCUT2D eigenvalue weighted by atomic mass is 79.9. The quantitative estimate of drug-likeness (QED) is 0.877. The molecule has 0 unspecified atom stereocenters. The van der Waals surface area contributed by atoms with E-state index in [1.807, 2.05) is 13.1 Å². The SMILES string of the molecule is Cn1nccc1CNc1cn[nH]c(=O)c1Br. The van der Waals surface area contributed by atoms with Gasteiger partial charge in [-0.15, -0.1) is 0 Å². The Morgan fingerprint density at radius 2 is 2.44 bits per heavy atom. The maximum atomic E-state index is 11.2. The number of aromatic nitrogens is 4. The summed E-state index contributed by atoms with van der Waals surface area (Å²) in [4.78, 5) is 11.2. The van der Waals surface area contributed by atoms with E-state index in [0.717, 1.165) is 5.69 Å². The van der Waals surface area contributed by atoms with Crippen molar-refractivity contribution in [3.8, 4) is 0 Å². The Balaban J connectivity index is 2.14. The molecule has 2 N–H and O–H groups in total. The minimum atomic E-state index is -0.255. The fraction of sp³-hybridized carbons (Fsp3) is 0.222. The standard InChI is InChI=1S/C9H10BrN5O/c1-15-6(2-3-13-15)4-11-7-5-12-14-9(16)8(7)10/h2-3,5H,4H2,1H3,(H2,11,14,16). The van der Waals surface area contributed by atoms with Crippen molar-refractivity contribution in [2.45, 2.75) is 6.54 Å². The van der Waals surface area contributed by atoms with Crippen LogP contribution >= 0.6 is 15.9 Å². The third-order valence-corrected chi connectivity index (χ3v) is 2.97. The maximum Gasteiger partial charge on any atom is 0.280 e. The van der Waals surface area contributed by atoms with Gasteiger partial charge in [0.2, 0.25) is 0 Å². The van der Waals surface area contributed by atoms with Crippen molar-refractivity contribution in [1.82, 2.24) is 20.0 Å². The zero-order valence-corrected chi connectivity index (χ0v) is 10.2. The third kappa shape index (κ3) is 2.13. The number of anilines is 1. The van der Waals surface area contributed by atoms with Gasteiger partial charge in [-0.05, 0) is 22.0 Å². The van der Waals surface area contributed by atoms with Gasteiger partial charge in [-0.2, -0.15) is 10.2 Å². The Morgan fingerprint density at radius 1 is 1.62 bits per heavy atom. The molecule has 16 heavy (non-hydrogen) atoms. The van der Waals surface area contributed by atoms with Crippen molar-refractivity contribution in [1.29, 1.82) is 0 Å². The molecule has 2 aromatic rings. The van der Waals surface area contributed by atoms with Crippen LogP contribution in [0.25, 0.3) is 0 Å². The van der Waals surface area contributed by atoms with E-state index in [1.54, 1.807) is 17.1 Å². The Kier molecular flexibility index (Phi) is 3.04. The number of hydrogen-bond acceptors (Lipinski definition) is 4. The first-order chi connectivity index (χ1) is 7.68. The van der Waals surface area contributed by atoms with Gasteiger partial charge in [-0.3, -0.25) is 9.48 Å². The number of aromatic amines is 1. The summed E-state index contributed by atoms with van der Waals surface area (Å²) in [5, 5.41) is 13.2. The highest BCUT2D eigenvalue weighted by Gasteiger charge is 2.04. The number of nitrogens with zero attached hydrogens (tertiary/aromatic N) is 3. The smallest absolute Gasteiger partial charge is 0.280 e. The van der Waals surface area contributed by atoms with Gasteiger partial charge >= 0.3 is 0 Å². The van der Waals surface area contributed by atoms with E-state index >= 15 is 0 Å². The molecule has 7 heteroatoms. The number of rotatable bonds is 3. The summed E-state index contributed by atoms with van der Waals surface area (Å²) in [6.07, 6.45) is 3.28. The number of halogens is 1. The molecule has 0 aliphatic carbocycles. The second-order valence-corrected chi connectivity index (χ2v) is 4.02. The van der Waals surface area contributed by atoms with Gasteiger partial charge in [0.15, 0.2) is 0 Å². The molecule has 84 valence electrons. The van der Waals surface area contributed by atoms with Crippen LogP contribution in [0.3, 0.4) is 0 Å². The molecule has 2 aromatic heterocycles. The van der Waals surface area contributed by atoms with Crippen LogP contribution < -0.4 is 10.9 Å². The minimum Gasteiger partial charge on any atom is -0.377 e. The maximum absolute atomic E-state index is 11.2. The molecule has 0 radical (unpaired) electrons. The van der Waals surface area contributed by atoms with E-state index < -0.39 is 0 Å². The summed E-state index contributed by atoms with van der Waals surface area (Å²) in [5.41, 5.74) is 1.42. The van der Waals surface area contributed by atoms with Gasteiger partial charge in [-0.25, -0.2) is 5.10 Å². The molecular formula is C9H10BrN5O. The number of nitrogens with one attached hydrogen (secondary N) is 2. The van der Waals surface area contributed by atoms with Crippen molar-refractivity contribution < 1.29 is 0 Å². The largest absolute Gasteiger partial charge is 0.377 e. The van der Waals surface area contributed by atoms with Crippen molar-refractivity contribution in [2.24, 2.45) is 7.05 Å². The van der Waals surface area contributed by atoms with Gasteiger partial charge < -0.3 is 5.32 Å². The van der Waals surface area contributed by atoms with Gasteiger partial charge in [0.25, 0.3) is 5.56 Å². The molecule has 0 aliphatic heterocycles. The van der Waals surface area contributed by atoms with Gasteiger partial charge in [0.1, 0.15) is 4.47 Å². The fourth-order valence-corrected chi connectivity index (χ4v) is 1.60. The van der Waals surface area contributed by atoms with E-state index in [4.69, 9.17) is 0 Å². The second-order valence-electron chi connectivity index (χ2n) is 3.23.